The number of carbonyl (C=O) groups excluding carboxylic acids is 1. The van der Waals surface area contributed by atoms with Gasteiger partial charge in [0.2, 0.25) is 0 Å². The maximum absolute atomic E-state index is 10.9. The minimum atomic E-state index is -0.999. The van der Waals surface area contributed by atoms with Gasteiger partial charge >= 0.3 is 5.97 Å². The summed E-state index contributed by atoms with van der Waals surface area (Å²) in [5.41, 5.74) is -0.999. The number of esters is 1. The van der Waals surface area contributed by atoms with Crippen molar-refractivity contribution < 1.29 is 9.53 Å². The number of nitriles is 1. The zero-order valence-corrected chi connectivity index (χ0v) is 7.34. The summed E-state index contributed by atoms with van der Waals surface area (Å²) in [4.78, 5) is 10.9. The molecule has 0 aromatic rings. The fourth-order valence-electron chi connectivity index (χ4n) is 0.392. The first-order valence-corrected chi connectivity index (χ1v) is 3.53. The highest BCUT2D eigenvalue weighted by molar-refractivity contribution is 5.72. The SMILES string of the molecule is CC(C)C(=O)OC(C)(C)C#N. The van der Waals surface area contributed by atoms with Gasteiger partial charge in [0.15, 0.2) is 5.60 Å². The molecule has 0 heterocycles. The van der Waals surface area contributed by atoms with Crippen LogP contribution in [0.25, 0.3) is 0 Å². The van der Waals surface area contributed by atoms with E-state index in [1.807, 2.05) is 6.07 Å². The van der Waals surface area contributed by atoms with Gasteiger partial charge in [-0.15, -0.1) is 0 Å². The Kier molecular flexibility index (Phi) is 3.06. The van der Waals surface area contributed by atoms with E-state index in [1.54, 1.807) is 27.7 Å². The van der Waals surface area contributed by atoms with E-state index >= 15 is 0 Å². The van der Waals surface area contributed by atoms with Gasteiger partial charge in [-0.3, -0.25) is 4.79 Å². The third kappa shape index (κ3) is 3.61. The van der Waals surface area contributed by atoms with E-state index in [0.29, 0.717) is 0 Å². The fourth-order valence-corrected chi connectivity index (χ4v) is 0.392. The van der Waals surface area contributed by atoms with E-state index < -0.39 is 5.60 Å². The van der Waals surface area contributed by atoms with Crippen molar-refractivity contribution in [1.29, 1.82) is 5.26 Å². The van der Waals surface area contributed by atoms with Crippen LogP contribution in [0.4, 0.5) is 0 Å². The number of hydrogen-bond donors (Lipinski definition) is 0. The molecule has 0 spiro atoms. The molecule has 0 bridgehead atoms. The van der Waals surface area contributed by atoms with Crippen molar-refractivity contribution in [2.45, 2.75) is 33.3 Å². The lowest BCUT2D eigenvalue weighted by molar-refractivity contribution is -0.155. The first kappa shape index (κ1) is 9.96. The summed E-state index contributed by atoms with van der Waals surface area (Å²) in [6, 6.07) is 1.88. The molecule has 3 nitrogen and oxygen atoms in total. The first-order chi connectivity index (χ1) is 4.89. The average Bonchev–Trinajstić information content (AvgIpc) is 1.87. The van der Waals surface area contributed by atoms with E-state index in [2.05, 4.69) is 0 Å². The van der Waals surface area contributed by atoms with Crippen molar-refractivity contribution in [3.05, 3.63) is 0 Å². The molecule has 0 aliphatic heterocycles. The van der Waals surface area contributed by atoms with Crippen LogP contribution in [0, 0.1) is 17.2 Å². The zero-order valence-electron chi connectivity index (χ0n) is 7.34. The van der Waals surface area contributed by atoms with E-state index in [9.17, 15) is 4.79 Å². The quantitative estimate of drug-likeness (QED) is 0.567. The topological polar surface area (TPSA) is 50.1 Å². The molecule has 0 aromatic heterocycles. The average molecular weight is 155 g/mol. The summed E-state index contributed by atoms with van der Waals surface area (Å²) in [5.74, 6) is -0.515. The molecule has 3 heteroatoms. The maximum Gasteiger partial charge on any atom is 0.309 e. The van der Waals surface area contributed by atoms with Crippen LogP contribution < -0.4 is 0 Å². The van der Waals surface area contributed by atoms with E-state index in [1.165, 1.54) is 0 Å². The minimum absolute atomic E-state index is 0.178. The van der Waals surface area contributed by atoms with Crippen LogP contribution in [-0.2, 0) is 9.53 Å². The number of hydrogen-bond acceptors (Lipinski definition) is 3. The summed E-state index contributed by atoms with van der Waals surface area (Å²) in [5, 5.41) is 8.50. The van der Waals surface area contributed by atoms with Crippen LogP contribution in [0.1, 0.15) is 27.7 Å². The molecule has 0 fully saturated rings. The smallest absolute Gasteiger partial charge is 0.309 e. The largest absolute Gasteiger partial charge is 0.444 e. The van der Waals surface area contributed by atoms with Crippen LogP contribution in [0.5, 0.6) is 0 Å². The van der Waals surface area contributed by atoms with Gasteiger partial charge in [-0.1, -0.05) is 13.8 Å². The van der Waals surface area contributed by atoms with Crippen molar-refractivity contribution in [2.75, 3.05) is 0 Å². The van der Waals surface area contributed by atoms with E-state index in [-0.39, 0.29) is 11.9 Å². The summed E-state index contributed by atoms with van der Waals surface area (Å²) in [7, 11) is 0. The first-order valence-electron chi connectivity index (χ1n) is 3.53. The van der Waals surface area contributed by atoms with Crippen LogP contribution in [0.3, 0.4) is 0 Å². The molecular weight excluding hydrogens is 142 g/mol. The van der Waals surface area contributed by atoms with Crippen LogP contribution in [0.2, 0.25) is 0 Å². The van der Waals surface area contributed by atoms with Gasteiger partial charge in [0.1, 0.15) is 6.07 Å². The van der Waals surface area contributed by atoms with Gasteiger partial charge in [0, 0.05) is 0 Å². The number of ether oxygens (including phenoxy) is 1. The monoisotopic (exact) mass is 155 g/mol. The lowest BCUT2D eigenvalue weighted by Gasteiger charge is -2.17. The van der Waals surface area contributed by atoms with E-state index in [4.69, 9.17) is 10.00 Å². The molecule has 0 saturated heterocycles. The Balaban J connectivity index is 4.08. The summed E-state index contributed by atoms with van der Waals surface area (Å²) < 4.78 is 4.85. The Hall–Kier alpha value is -1.04. The van der Waals surface area contributed by atoms with Crippen molar-refractivity contribution >= 4 is 5.97 Å². The second-order valence-electron chi connectivity index (χ2n) is 3.20. The molecule has 0 N–H and O–H groups in total. The molecule has 0 unspecified atom stereocenters. The lowest BCUT2D eigenvalue weighted by Crippen LogP contribution is -2.28. The number of nitrogens with zero attached hydrogens (tertiary/aromatic N) is 1. The Morgan fingerprint density at radius 3 is 2.27 bits per heavy atom. The minimum Gasteiger partial charge on any atom is -0.444 e. The second-order valence-corrected chi connectivity index (χ2v) is 3.20. The highest BCUT2D eigenvalue weighted by Gasteiger charge is 2.23. The molecule has 0 aromatic carbocycles. The van der Waals surface area contributed by atoms with Crippen molar-refractivity contribution in [3.63, 3.8) is 0 Å². The molecule has 62 valence electrons. The highest BCUT2D eigenvalue weighted by atomic mass is 16.6. The van der Waals surface area contributed by atoms with E-state index in [0.717, 1.165) is 0 Å². The predicted molar refractivity (Wildman–Crippen MR) is 40.6 cm³/mol. The maximum atomic E-state index is 10.9. The third-order valence-electron chi connectivity index (χ3n) is 1.10. The van der Waals surface area contributed by atoms with Gasteiger partial charge < -0.3 is 4.74 Å². The zero-order chi connectivity index (χ0) is 9.07. The molecule has 0 saturated carbocycles. The fraction of sp³-hybridized carbons (Fsp3) is 0.750. The van der Waals surface area contributed by atoms with Gasteiger partial charge in [-0.05, 0) is 13.8 Å². The standard InChI is InChI=1S/C8H13NO2/c1-6(2)7(10)11-8(3,4)5-9/h6H,1-4H3. The second kappa shape index (κ2) is 3.38. The molecule has 0 atom stereocenters. The Labute approximate surface area is 67.0 Å². The molecule has 0 aliphatic carbocycles. The Morgan fingerprint density at radius 2 is 2.00 bits per heavy atom. The summed E-state index contributed by atoms with van der Waals surface area (Å²) >= 11 is 0. The van der Waals surface area contributed by atoms with Gasteiger partial charge in [-0.25, -0.2) is 0 Å². The summed E-state index contributed by atoms with van der Waals surface area (Å²) in [6.45, 7) is 6.59. The third-order valence-corrected chi connectivity index (χ3v) is 1.10. The number of rotatable bonds is 2. The molecule has 11 heavy (non-hydrogen) atoms. The van der Waals surface area contributed by atoms with Crippen molar-refractivity contribution in [3.8, 4) is 6.07 Å². The molecule has 0 radical (unpaired) electrons. The van der Waals surface area contributed by atoms with Gasteiger partial charge in [0.25, 0.3) is 0 Å². The predicted octanol–water partition coefficient (Wildman–Crippen LogP) is 1.49. The highest BCUT2D eigenvalue weighted by Crippen LogP contribution is 2.10. The van der Waals surface area contributed by atoms with Crippen molar-refractivity contribution in [1.82, 2.24) is 0 Å². The van der Waals surface area contributed by atoms with Gasteiger partial charge in [-0.2, -0.15) is 5.26 Å². The lowest BCUT2D eigenvalue weighted by atomic mass is 10.1. The normalized spacial score (nSPS) is 10.9. The Bertz CT molecular complexity index is 189. The molecule has 0 aliphatic rings. The number of carbonyl (C=O) groups is 1. The van der Waals surface area contributed by atoms with Crippen LogP contribution in [-0.4, -0.2) is 11.6 Å². The van der Waals surface area contributed by atoms with Gasteiger partial charge in [0.05, 0.1) is 5.92 Å². The van der Waals surface area contributed by atoms with Crippen LogP contribution in [0.15, 0.2) is 0 Å². The van der Waals surface area contributed by atoms with Crippen molar-refractivity contribution in [2.24, 2.45) is 5.92 Å². The Morgan fingerprint density at radius 1 is 1.55 bits per heavy atom. The molecule has 0 amide bonds. The molecule has 0 rings (SSSR count). The van der Waals surface area contributed by atoms with Crippen LogP contribution >= 0.6 is 0 Å². The molecular formula is C8H13NO2. The summed E-state index contributed by atoms with van der Waals surface area (Å²) in [6.07, 6.45) is 0.